The van der Waals surface area contributed by atoms with E-state index in [2.05, 4.69) is 23.3 Å². The summed E-state index contributed by atoms with van der Waals surface area (Å²) < 4.78 is 0. The predicted octanol–water partition coefficient (Wildman–Crippen LogP) is 0.582. The van der Waals surface area contributed by atoms with Gasteiger partial charge in [0.1, 0.15) is 0 Å². The van der Waals surface area contributed by atoms with Gasteiger partial charge in [0.25, 0.3) is 0 Å². The molecule has 0 saturated heterocycles. The van der Waals surface area contributed by atoms with Gasteiger partial charge in [0, 0.05) is 19.1 Å². The Morgan fingerprint density at radius 1 is 1.67 bits per heavy atom. The Balaban J connectivity index is 1.98. The maximum absolute atomic E-state index is 8.50. The summed E-state index contributed by atoms with van der Waals surface area (Å²) in [5.41, 5.74) is 0. The van der Waals surface area contributed by atoms with Crippen molar-refractivity contribution in [1.82, 2.24) is 10.2 Å². The molecule has 0 amide bonds. The highest BCUT2D eigenvalue weighted by atomic mass is 15.2. The van der Waals surface area contributed by atoms with E-state index >= 15 is 0 Å². The van der Waals surface area contributed by atoms with Crippen LogP contribution in [0.2, 0.25) is 0 Å². The Hall–Kier alpha value is -0.590. The molecular weight excluding hydrogens is 150 g/mol. The molecule has 0 aromatic rings. The quantitative estimate of drug-likeness (QED) is 0.651. The summed E-state index contributed by atoms with van der Waals surface area (Å²) in [4.78, 5) is 2.36. The maximum atomic E-state index is 8.50. The summed E-state index contributed by atoms with van der Waals surface area (Å²) in [6.07, 6.45) is 2.70. The van der Waals surface area contributed by atoms with Crippen LogP contribution >= 0.6 is 0 Å². The first-order chi connectivity index (χ1) is 5.74. The first-order valence-corrected chi connectivity index (χ1v) is 4.57. The van der Waals surface area contributed by atoms with Crippen molar-refractivity contribution in [2.24, 2.45) is 0 Å². The number of nitriles is 1. The van der Waals surface area contributed by atoms with Crippen LogP contribution in [0, 0.1) is 11.3 Å². The largest absolute Gasteiger partial charge is 0.302 e. The second-order valence-electron chi connectivity index (χ2n) is 3.52. The lowest BCUT2D eigenvalue weighted by molar-refractivity contribution is 0.320. The molecule has 1 atom stereocenters. The number of nitrogens with one attached hydrogen (secondary N) is 1. The van der Waals surface area contributed by atoms with Gasteiger partial charge < -0.3 is 10.2 Å². The predicted molar refractivity (Wildman–Crippen MR) is 48.7 cm³/mol. The normalized spacial score (nSPS) is 19.2. The van der Waals surface area contributed by atoms with Crippen LogP contribution in [0.15, 0.2) is 0 Å². The van der Waals surface area contributed by atoms with E-state index in [1.807, 2.05) is 6.92 Å². The first-order valence-electron chi connectivity index (χ1n) is 4.57. The van der Waals surface area contributed by atoms with Crippen molar-refractivity contribution in [2.75, 3.05) is 20.1 Å². The Morgan fingerprint density at radius 2 is 2.33 bits per heavy atom. The zero-order chi connectivity index (χ0) is 8.97. The fourth-order valence-corrected chi connectivity index (χ4v) is 1.20. The Morgan fingerprint density at radius 3 is 2.83 bits per heavy atom. The van der Waals surface area contributed by atoms with Crippen LogP contribution < -0.4 is 5.32 Å². The van der Waals surface area contributed by atoms with Gasteiger partial charge >= 0.3 is 0 Å². The molecular formula is C9H17N3. The van der Waals surface area contributed by atoms with Crippen molar-refractivity contribution >= 4 is 0 Å². The molecule has 0 aliphatic heterocycles. The average molecular weight is 167 g/mol. The third-order valence-corrected chi connectivity index (χ3v) is 2.28. The van der Waals surface area contributed by atoms with Crippen LogP contribution in [0.3, 0.4) is 0 Å². The van der Waals surface area contributed by atoms with Crippen molar-refractivity contribution in [3.05, 3.63) is 0 Å². The van der Waals surface area contributed by atoms with Crippen LogP contribution in [0.25, 0.3) is 0 Å². The molecule has 12 heavy (non-hydrogen) atoms. The van der Waals surface area contributed by atoms with E-state index in [0.717, 1.165) is 19.1 Å². The minimum absolute atomic E-state index is 0.0161. The van der Waals surface area contributed by atoms with Crippen molar-refractivity contribution < 1.29 is 0 Å². The number of rotatable bonds is 5. The van der Waals surface area contributed by atoms with E-state index in [1.54, 1.807) is 0 Å². The fourth-order valence-electron chi connectivity index (χ4n) is 1.20. The molecule has 0 heterocycles. The van der Waals surface area contributed by atoms with Gasteiger partial charge in [-0.3, -0.25) is 0 Å². The second kappa shape index (κ2) is 4.44. The van der Waals surface area contributed by atoms with Crippen molar-refractivity contribution in [3.63, 3.8) is 0 Å². The molecule has 0 spiro atoms. The highest BCUT2D eigenvalue weighted by Gasteiger charge is 2.25. The number of likely N-dealkylation sites (N-methyl/N-ethyl adjacent to an activating group) is 1. The number of hydrogen-bond acceptors (Lipinski definition) is 3. The molecule has 0 bridgehead atoms. The maximum Gasteiger partial charge on any atom is 0.0924 e. The molecule has 1 fully saturated rings. The zero-order valence-corrected chi connectivity index (χ0v) is 7.88. The Bertz CT molecular complexity index is 169. The minimum Gasteiger partial charge on any atom is -0.302 e. The number of hydrogen-bond donors (Lipinski definition) is 1. The van der Waals surface area contributed by atoms with Crippen LogP contribution in [0.1, 0.15) is 19.8 Å². The molecule has 1 aliphatic rings. The fraction of sp³-hybridized carbons (Fsp3) is 0.889. The summed E-state index contributed by atoms with van der Waals surface area (Å²) in [6, 6.07) is 2.96. The lowest BCUT2D eigenvalue weighted by atomic mass is 10.4. The third-order valence-electron chi connectivity index (χ3n) is 2.28. The van der Waals surface area contributed by atoms with Gasteiger partial charge in [-0.2, -0.15) is 5.26 Å². The molecule has 68 valence electrons. The van der Waals surface area contributed by atoms with Crippen molar-refractivity contribution in [2.45, 2.75) is 31.8 Å². The van der Waals surface area contributed by atoms with E-state index in [1.165, 1.54) is 12.8 Å². The van der Waals surface area contributed by atoms with Gasteiger partial charge in [0.15, 0.2) is 0 Å². The molecule has 0 aromatic carbocycles. The molecule has 1 N–H and O–H groups in total. The smallest absolute Gasteiger partial charge is 0.0924 e. The summed E-state index contributed by atoms with van der Waals surface area (Å²) in [6.45, 7) is 3.86. The lowest BCUT2D eigenvalue weighted by Gasteiger charge is -2.16. The molecule has 1 saturated carbocycles. The number of nitrogens with zero attached hydrogens (tertiary/aromatic N) is 2. The van der Waals surface area contributed by atoms with Crippen molar-refractivity contribution in [1.29, 1.82) is 5.26 Å². The molecule has 1 rings (SSSR count). The summed E-state index contributed by atoms with van der Waals surface area (Å²) in [5.74, 6) is 0. The molecule has 1 unspecified atom stereocenters. The van der Waals surface area contributed by atoms with E-state index < -0.39 is 0 Å². The molecule has 1 aliphatic carbocycles. The first kappa shape index (κ1) is 9.50. The van der Waals surface area contributed by atoms with Crippen molar-refractivity contribution in [3.8, 4) is 6.07 Å². The molecule has 0 radical (unpaired) electrons. The summed E-state index contributed by atoms with van der Waals surface area (Å²) >= 11 is 0. The monoisotopic (exact) mass is 167 g/mol. The van der Waals surface area contributed by atoms with Gasteiger partial charge in [-0.1, -0.05) is 0 Å². The van der Waals surface area contributed by atoms with Gasteiger partial charge in [0.05, 0.1) is 12.1 Å². The van der Waals surface area contributed by atoms with E-state index in [-0.39, 0.29) is 6.04 Å². The van der Waals surface area contributed by atoms with Crippen LogP contribution in [-0.2, 0) is 0 Å². The van der Waals surface area contributed by atoms with Crippen LogP contribution in [0.4, 0.5) is 0 Å². The topological polar surface area (TPSA) is 39.1 Å². The van der Waals surface area contributed by atoms with Gasteiger partial charge in [-0.25, -0.2) is 0 Å². The summed E-state index contributed by atoms with van der Waals surface area (Å²) in [7, 11) is 2.15. The van der Waals surface area contributed by atoms with E-state index in [0.29, 0.717) is 0 Å². The van der Waals surface area contributed by atoms with E-state index in [4.69, 9.17) is 5.26 Å². The Labute approximate surface area is 74.4 Å². The van der Waals surface area contributed by atoms with Gasteiger partial charge in [-0.05, 0) is 26.8 Å². The summed E-state index contributed by atoms with van der Waals surface area (Å²) in [5, 5.41) is 11.6. The molecule has 3 nitrogen and oxygen atoms in total. The highest BCUT2D eigenvalue weighted by Crippen LogP contribution is 2.24. The zero-order valence-electron chi connectivity index (χ0n) is 7.88. The third kappa shape index (κ3) is 3.21. The van der Waals surface area contributed by atoms with Gasteiger partial charge in [0.2, 0.25) is 0 Å². The molecule has 0 aromatic heterocycles. The van der Waals surface area contributed by atoms with Gasteiger partial charge in [-0.15, -0.1) is 0 Å². The standard InChI is InChI=1S/C9H17N3/c1-8(7-10)11-5-6-12(2)9-3-4-9/h8-9,11H,3-6H2,1-2H3. The minimum atomic E-state index is -0.0161. The second-order valence-corrected chi connectivity index (χ2v) is 3.52. The molecule has 3 heteroatoms. The SMILES string of the molecule is CC(C#N)NCCN(C)C1CC1. The van der Waals surface area contributed by atoms with Crippen LogP contribution in [0.5, 0.6) is 0 Å². The van der Waals surface area contributed by atoms with Crippen LogP contribution in [-0.4, -0.2) is 37.1 Å². The highest BCUT2D eigenvalue weighted by molar-refractivity contribution is 4.86. The Kier molecular flexibility index (Phi) is 3.51. The van der Waals surface area contributed by atoms with E-state index in [9.17, 15) is 0 Å². The average Bonchev–Trinajstić information content (AvgIpc) is 2.86. The lowest BCUT2D eigenvalue weighted by Crippen LogP contribution is -2.34.